The molecule has 0 radical (unpaired) electrons. The number of carbonyl (C=O) groups excluding carboxylic acids is 1. The van der Waals surface area contributed by atoms with Crippen LogP contribution in [0.3, 0.4) is 0 Å². The lowest BCUT2D eigenvalue weighted by Gasteiger charge is -2.27. The highest BCUT2D eigenvalue weighted by Crippen LogP contribution is 2.22. The van der Waals surface area contributed by atoms with Crippen molar-refractivity contribution in [2.45, 2.75) is 19.4 Å². The predicted octanol–water partition coefficient (Wildman–Crippen LogP) is 2.77. The first kappa shape index (κ1) is 14.4. The molecule has 4 nitrogen and oxygen atoms in total. The monoisotopic (exact) mass is 296 g/mol. The zero-order valence-electron chi connectivity index (χ0n) is 12.8. The Hall–Kier alpha value is -2.49. The lowest BCUT2D eigenvalue weighted by atomic mass is 9.99. The molecule has 1 heterocycles. The Balaban J connectivity index is 1.70. The normalized spacial score (nSPS) is 16.4. The molecule has 4 heteroatoms. The number of hydrogen-bond acceptors (Lipinski definition) is 3. The summed E-state index contributed by atoms with van der Waals surface area (Å²) in [6.07, 6.45) is 0.845. The zero-order chi connectivity index (χ0) is 15.5. The summed E-state index contributed by atoms with van der Waals surface area (Å²) in [6, 6.07) is 13.8. The quantitative estimate of drug-likeness (QED) is 0.915. The standard InChI is InChI=1S/C18H20N2O2/c1-12-7-8-14(10-17(12)22-2)18(21)20-15-9-13-5-3-4-6-16(13)19-11-15/h3-8,10,15,19H,9,11H2,1-2H3,(H,20,21). The van der Waals surface area contributed by atoms with Crippen molar-refractivity contribution in [2.75, 3.05) is 19.0 Å². The van der Waals surface area contributed by atoms with Gasteiger partial charge >= 0.3 is 0 Å². The molecule has 2 aromatic rings. The average molecular weight is 296 g/mol. The SMILES string of the molecule is COc1cc(C(=O)NC2CNc3ccccc3C2)ccc1C. The molecule has 22 heavy (non-hydrogen) atoms. The largest absolute Gasteiger partial charge is 0.496 e. The fourth-order valence-electron chi connectivity index (χ4n) is 2.77. The van der Waals surface area contributed by atoms with Gasteiger partial charge in [-0.1, -0.05) is 24.3 Å². The van der Waals surface area contributed by atoms with Gasteiger partial charge in [-0.2, -0.15) is 0 Å². The van der Waals surface area contributed by atoms with E-state index in [0.717, 1.165) is 30.0 Å². The van der Waals surface area contributed by atoms with Gasteiger partial charge in [0.2, 0.25) is 0 Å². The fraction of sp³-hybridized carbons (Fsp3) is 0.278. The van der Waals surface area contributed by atoms with Gasteiger partial charge in [0.1, 0.15) is 5.75 Å². The van der Waals surface area contributed by atoms with Crippen molar-refractivity contribution in [3.8, 4) is 5.75 Å². The summed E-state index contributed by atoms with van der Waals surface area (Å²) in [6.45, 7) is 2.70. The maximum absolute atomic E-state index is 12.4. The summed E-state index contributed by atoms with van der Waals surface area (Å²) in [5.74, 6) is 0.671. The summed E-state index contributed by atoms with van der Waals surface area (Å²) in [5, 5.41) is 6.45. The summed E-state index contributed by atoms with van der Waals surface area (Å²) in [4.78, 5) is 12.4. The molecule has 2 N–H and O–H groups in total. The first-order valence-electron chi connectivity index (χ1n) is 7.44. The van der Waals surface area contributed by atoms with Gasteiger partial charge < -0.3 is 15.4 Å². The lowest BCUT2D eigenvalue weighted by molar-refractivity contribution is 0.0938. The fourth-order valence-corrected chi connectivity index (χ4v) is 2.77. The van der Waals surface area contributed by atoms with Crippen molar-refractivity contribution in [1.82, 2.24) is 5.32 Å². The van der Waals surface area contributed by atoms with E-state index in [1.807, 2.05) is 31.2 Å². The smallest absolute Gasteiger partial charge is 0.251 e. The van der Waals surface area contributed by atoms with Crippen LogP contribution in [0.5, 0.6) is 5.75 Å². The molecule has 2 aromatic carbocycles. The van der Waals surface area contributed by atoms with Gasteiger partial charge in [0.25, 0.3) is 5.91 Å². The van der Waals surface area contributed by atoms with Crippen molar-refractivity contribution in [3.05, 3.63) is 59.2 Å². The van der Waals surface area contributed by atoms with Crippen molar-refractivity contribution in [1.29, 1.82) is 0 Å². The maximum atomic E-state index is 12.4. The molecule has 0 spiro atoms. The number of para-hydroxylation sites is 1. The van der Waals surface area contributed by atoms with Gasteiger partial charge in [-0.15, -0.1) is 0 Å². The summed E-state index contributed by atoms with van der Waals surface area (Å²) in [7, 11) is 1.62. The molecular weight excluding hydrogens is 276 g/mol. The summed E-state index contributed by atoms with van der Waals surface area (Å²) >= 11 is 0. The van der Waals surface area contributed by atoms with E-state index in [2.05, 4.69) is 22.8 Å². The number of hydrogen-bond donors (Lipinski definition) is 2. The minimum Gasteiger partial charge on any atom is -0.496 e. The highest BCUT2D eigenvalue weighted by atomic mass is 16.5. The molecule has 1 unspecified atom stereocenters. The first-order chi connectivity index (χ1) is 10.7. The molecule has 0 aromatic heterocycles. The molecular formula is C18H20N2O2. The average Bonchev–Trinajstić information content (AvgIpc) is 2.55. The van der Waals surface area contributed by atoms with Crippen LogP contribution in [0.4, 0.5) is 5.69 Å². The number of benzene rings is 2. The zero-order valence-corrected chi connectivity index (χ0v) is 12.8. The first-order valence-corrected chi connectivity index (χ1v) is 7.44. The van der Waals surface area contributed by atoms with E-state index in [9.17, 15) is 4.79 Å². The van der Waals surface area contributed by atoms with Gasteiger partial charge in [-0.3, -0.25) is 4.79 Å². The highest BCUT2D eigenvalue weighted by Gasteiger charge is 2.20. The van der Waals surface area contributed by atoms with E-state index in [1.165, 1.54) is 5.56 Å². The molecule has 0 fully saturated rings. The van der Waals surface area contributed by atoms with Crippen LogP contribution in [0.25, 0.3) is 0 Å². The Kier molecular flexibility index (Phi) is 4.00. The lowest BCUT2D eigenvalue weighted by Crippen LogP contribution is -2.43. The van der Waals surface area contributed by atoms with Crippen LogP contribution in [-0.4, -0.2) is 25.6 Å². The van der Waals surface area contributed by atoms with Crippen LogP contribution in [-0.2, 0) is 6.42 Å². The Bertz CT molecular complexity index is 697. The van der Waals surface area contributed by atoms with Gasteiger partial charge in [0, 0.05) is 17.8 Å². The minimum atomic E-state index is -0.0653. The number of anilines is 1. The minimum absolute atomic E-state index is 0.0653. The Morgan fingerprint density at radius 1 is 1.27 bits per heavy atom. The van der Waals surface area contributed by atoms with E-state index >= 15 is 0 Å². The number of nitrogens with one attached hydrogen (secondary N) is 2. The van der Waals surface area contributed by atoms with E-state index in [0.29, 0.717) is 5.56 Å². The second kappa shape index (κ2) is 6.10. The van der Waals surface area contributed by atoms with Crippen molar-refractivity contribution >= 4 is 11.6 Å². The third-order valence-electron chi connectivity index (χ3n) is 4.03. The van der Waals surface area contributed by atoms with Gasteiger partial charge in [0.15, 0.2) is 0 Å². The van der Waals surface area contributed by atoms with Gasteiger partial charge in [-0.05, 0) is 42.7 Å². The summed E-state index contributed by atoms with van der Waals surface area (Å²) in [5.41, 5.74) is 4.04. The number of ether oxygens (including phenoxy) is 1. The van der Waals surface area contributed by atoms with E-state index in [-0.39, 0.29) is 11.9 Å². The maximum Gasteiger partial charge on any atom is 0.251 e. The third kappa shape index (κ3) is 2.91. The van der Waals surface area contributed by atoms with Crippen LogP contribution >= 0.6 is 0 Å². The molecule has 0 bridgehead atoms. The topological polar surface area (TPSA) is 50.4 Å². The Labute approximate surface area is 130 Å². The van der Waals surface area contributed by atoms with Crippen molar-refractivity contribution in [3.63, 3.8) is 0 Å². The molecule has 3 rings (SSSR count). The number of aryl methyl sites for hydroxylation is 1. The van der Waals surface area contributed by atoms with Crippen LogP contribution in [0.1, 0.15) is 21.5 Å². The molecule has 0 saturated heterocycles. The van der Waals surface area contributed by atoms with Crippen molar-refractivity contribution in [2.24, 2.45) is 0 Å². The third-order valence-corrected chi connectivity index (χ3v) is 4.03. The number of rotatable bonds is 3. The molecule has 1 atom stereocenters. The highest BCUT2D eigenvalue weighted by molar-refractivity contribution is 5.95. The molecule has 114 valence electrons. The van der Waals surface area contributed by atoms with E-state index in [4.69, 9.17) is 4.74 Å². The Morgan fingerprint density at radius 2 is 2.09 bits per heavy atom. The second-order valence-corrected chi connectivity index (χ2v) is 5.60. The van der Waals surface area contributed by atoms with E-state index in [1.54, 1.807) is 13.2 Å². The number of amides is 1. The van der Waals surface area contributed by atoms with Crippen molar-refractivity contribution < 1.29 is 9.53 Å². The summed E-state index contributed by atoms with van der Waals surface area (Å²) < 4.78 is 5.28. The number of methoxy groups -OCH3 is 1. The van der Waals surface area contributed by atoms with E-state index < -0.39 is 0 Å². The Morgan fingerprint density at radius 3 is 2.91 bits per heavy atom. The molecule has 1 aliphatic rings. The van der Waals surface area contributed by atoms with Crippen LogP contribution < -0.4 is 15.4 Å². The van der Waals surface area contributed by atoms with Crippen LogP contribution in [0.15, 0.2) is 42.5 Å². The predicted molar refractivity (Wildman–Crippen MR) is 87.6 cm³/mol. The number of carbonyl (C=O) groups is 1. The molecule has 0 saturated carbocycles. The van der Waals surface area contributed by atoms with Crippen LogP contribution in [0, 0.1) is 6.92 Å². The second-order valence-electron chi connectivity index (χ2n) is 5.60. The van der Waals surface area contributed by atoms with Crippen LogP contribution in [0.2, 0.25) is 0 Å². The molecule has 1 aliphatic heterocycles. The molecule has 1 amide bonds. The van der Waals surface area contributed by atoms with Gasteiger partial charge in [0.05, 0.1) is 13.2 Å². The van der Waals surface area contributed by atoms with Gasteiger partial charge in [-0.25, -0.2) is 0 Å². The molecule has 0 aliphatic carbocycles. The number of fused-ring (bicyclic) bond motifs is 1.